The molecule has 0 fully saturated rings. The predicted octanol–water partition coefficient (Wildman–Crippen LogP) is 2.11. The van der Waals surface area contributed by atoms with E-state index in [2.05, 4.69) is 4.98 Å². The fourth-order valence-corrected chi connectivity index (χ4v) is 3.61. The van der Waals surface area contributed by atoms with Crippen molar-refractivity contribution in [1.82, 2.24) is 9.55 Å². The van der Waals surface area contributed by atoms with Crippen LogP contribution in [0.1, 0.15) is 16.1 Å². The molecule has 0 aliphatic carbocycles. The summed E-state index contributed by atoms with van der Waals surface area (Å²) >= 11 is 0. The van der Waals surface area contributed by atoms with E-state index in [-0.39, 0.29) is 22.0 Å². The van der Waals surface area contributed by atoms with E-state index in [1.807, 2.05) is 0 Å². The number of methoxy groups -OCH3 is 3. The van der Waals surface area contributed by atoms with E-state index in [1.165, 1.54) is 56.5 Å². The molecule has 0 bridgehead atoms. The number of imidazole rings is 1. The zero-order valence-electron chi connectivity index (χ0n) is 16.9. The maximum atomic E-state index is 13.1. The molecule has 0 unspecified atom stereocenters. The summed E-state index contributed by atoms with van der Waals surface area (Å²) in [6.07, 6.45) is 2.51. The lowest BCUT2D eigenvalue weighted by Gasteiger charge is -2.15. The van der Waals surface area contributed by atoms with Crippen LogP contribution in [-0.2, 0) is 9.84 Å². The SMILES string of the molecule is COc1cc(-n2cnc(N)c2C(=O)c2ccc(S(C)(=O)=O)cc2)cc(OC)c1OC. The molecular formula is C20H21N3O6S. The lowest BCUT2D eigenvalue weighted by atomic mass is 10.1. The molecule has 1 aromatic heterocycles. The standard InChI is InChI=1S/C20H21N3O6S/c1-27-15-9-13(10-16(28-2)19(15)29-3)23-11-22-20(21)17(23)18(24)12-5-7-14(8-6-12)30(4,25)26/h5-11H,21H2,1-4H3. The van der Waals surface area contributed by atoms with Crippen LogP contribution in [0.25, 0.3) is 5.69 Å². The minimum atomic E-state index is -3.37. The highest BCUT2D eigenvalue weighted by Crippen LogP contribution is 2.39. The topological polar surface area (TPSA) is 123 Å². The minimum absolute atomic E-state index is 0.0286. The normalized spacial score (nSPS) is 11.2. The van der Waals surface area contributed by atoms with Crippen molar-refractivity contribution in [1.29, 1.82) is 0 Å². The van der Waals surface area contributed by atoms with Crippen LogP contribution in [0.15, 0.2) is 47.6 Å². The first kappa shape index (κ1) is 21.2. The first-order valence-corrected chi connectivity index (χ1v) is 10.6. The van der Waals surface area contributed by atoms with Crippen LogP contribution >= 0.6 is 0 Å². The van der Waals surface area contributed by atoms with E-state index in [4.69, 9.17) is 19.9 Å². The Bertz CT molecular complexity index is 1170. The van der Waals surface area contributed by atoms with Crippen LogP contribution < -0.4 is 19.9 Å². The molecule has 30 heavy (non-hydrogen) atoms. The summed E-state index contributed by atoms with van der Waals surface area (Å²) in [6.45, 7) is 0. The molecule has 9 nitrogen and oxygen atoms in total. The smallest absolute Gasteiger partial charge is 0.213 e. The van der Waals surface area contributed by atoms with Crippen LogP contribution in [0, 0.1) is 0 Å². The summed E-state index contributed by atoms with van der Waals surface area (Å²) in [5, 5.41) is 0. The van der Waals surface area contributed by atoms with Gasteiger partial charge in [0.2, 0.25) is 11.5 Å². The van der Waals surface area contributed by atoms with Gasteiger partial charge < -0.3 is 19.9 Å². The molecular weight excluding hydrogens is 410 g/mol. The van der Waals surface area contributed by atoms with Gasteiger partial charge in [-0.2, -0.15) is 0 Å². The summed E-state index contributed by atoms with van der Waals surface area (Å²) in [6, 6.07) is 8.94. The van der Waals surface area contributed by atoms with Crippen molar-refractivity contribution in [3.63, 3.8) is 0 Å². The Morgan fingerprint density at radius 1 is 1.00 bits per heavy atom. The fourth-order valence-electron chi connectivity index (χ4n) is 2.98. The molecule has 3 rings (SSSR count). The van der Waals surface area contributed by atoms with Gasteiger partial charge in [-0.25, -0.2) is 13.4 Å². The van der Waals surface area contributed by atoms with E-state index in [9.17, 15) is 13.2 Å². The molecule has 0 saturated heterocycles. The number of carbonyl (C=O) groups excluding carboxylic acids is 1. The summed E-state index contributed by atoms with van der Waals surface area (Å²) in [4.78, 5) is 17.3. The zero-order chi connectivity index (χ0) is 22.1. The number of benzene rings is 2. The third kappa shape index (κ3) is 3.81. The highest BCUT2D eigenvalue weighted by atomic mass is 32.2. The molecule has 0 radical (unpaired) electrons. The Hall–Kier alpha value is -3.53. The lowest BCUT2D eigenvalue weighted by Crippen LogP contribution is -2.11. The van der Waals surface area contributed by atoms with Gasteiger partial charge >= 0.3 is 0 Å². The second kappa shape index (κ2) is 8.07. The van der Waals surface area contributed by atoms with Crippen LogP contribution in [0.3, 0.4) is 0 Å². The molecule has 2 aromatic carbocycles. The quantitative estimate of drug-likeness (QED) is 0.564. The lowest BCUT2D eigenvalue weighted by molar-refractivity contribution is 0.103. The van der Waals surface area contributed by atoms with Gasteiger partial charge in [0.05, 0.1) is 31.9 Å². The van der Waals surface area contributed by atoms with Crippen molar-refractivity contribution in [2.24, 2.45) is 0 Å². The molecule has 2 N–H and O–H groups in total. The number of nitrogens with two attached hydrogens (primary N) is 1. The number of hydrogen-bond donors (Lipinski definition) is 1. The van der Waals surface area contributed by atoms with Crippen molar-refractivity contribution >= 4 is 21.4 Å². The second-order valence-corrected chi connectivity index (χ2v) is 8.37. The number of sulfone groups is 1. The number of ether oxygens (including phenoxy) is 3. The Morgan fingerprint density at radius 2 is 1.57 bits per heavy atom. The van der Waals surface area contributed by atoms with Crippen molar-refractivity contribution < 1.29 is 27.4 Å². The maximum absolute atomic E-state index is 13.1. The number of rotatable bonds is 7. The summed E-state index contributed by atoms with van der Waals surface area (Å²) in [5.74, 6) is 0.811. The van der Waals surface area contributed by atoms with E-state index in [0.29, 0.717) is 22.9 Å². The Morgan fingerprint density at radius 3 is 2.03 bits per heavy atom. The molecule has 10 heteroatoms. The first-order chi connectivity index (χ1) is 14.2. The fraction of sp³-hybridized carbons (Fsp3) is 0.200. The maximum Gasteiger partial charge on any atom is 0.213 e. The molecule has 0 amide bonds. The third-order valence-electron chi connectivity index (χ3n) is 4.48. The van der Waals surface area contributed by atoms with Gasteiger partial charge in [-0.1, -0.05) is 0 Å². The van der Waals surface area contributed by atoms with E-state index < -0.39 is 15.6 Å². The molecule has 158 valence electrons. The number of carbonyl (C=O) groups is 1. The van der Waals surface area contributed by atoms with Crippen LogP contribution in [0.5, 0.6) is 17.2 Å². The number of anilines is 1. The average Bonchev–Trinajstić information content (AvgIpc) is 3.12. The Kier molecular flexibility index (Phi) is 5.70. The monoisotopic (exact) mass is 431 g/mol. The molecule has 0 atom stereocenters. The predicted molar refractivity (Wildman–Crippen MR) is 111 cm³/mol. The van der Waals surface area contributed by atoms with E-state index in [1.54, 1.807) is 12.1 Å². The molecule has 0 saturated carbocycles. The minimum Gasteiger partial charge on any atom is -0.493 e. The number of ketones is 1. The highest BCUT2D eigenvalue weighted by molar-refractivity contribution is 7.90. The second-order valence-electron chi connectivity index (χ2n) is 6.36. The van der Waals surface area contributed by atoms with Crippen molar-refractivity contribution in [3.8, 4) is 22.9 Å². The van der Waals surface area contributed by atoms with Crippen molar-refractivity contribution in [2.75, 3.05) is 33.3 Å². The van der Waals surface area contributed by atoms with Crippen LogP contribution in [0.4, 0.5) is 5.82 Å². The van der Waals surface area contributed by atoms with Crippen molar-refractivity contribution in [2.45, 2.75) is 4.90 Å². The van der Waals surface area contributed by atoms with Gasteiger partial charge in [0.15, 0.2) is 27.2 Å². The molecule has 1 heterocycles. The van der Waals surface area contributed by atoms with Gasteiger partial charge in [-0.05, 0) is 24.3 Å². The van der Waals surface area contributed by atoms with Gasteiger partial charge in [0.25, 0.3) is 0 Å². The highest BCUT2D eigenvalue weighted by Gasteiger charge is 2.22. The number of aromatic nitrogens is 2. The van der Waals surface area contributed by atoms with Crippen LogP contribution in [0.2, 0.25) is 0 Å². The summed E-state index contributed by atoms with van der Waals surface area (Å²) in [7, 11) is 1.09. The van der Waals surface area contributed by atoms with Gasteiger partial charge in [-0.3, -0.25) is 9.36 Å². The van der Waals surface area contributed by atoms with Gasteiger partial charge in [-0.15, -0.1) is 0 Å². The summed E-state index contributed by atoms with van der Waals surface area (Å²) in [5.41, 5.74) is 6.88. The van der Waals surface area contributed by atoms with Gasteiger partial charge in [0.1, 0.15) is 12.0 Å². The average molecular weight is 431 g/mol. The summed E-state index contributed by atoms with van der Waals surface area (Å²) < 4.78 is 40.9. The first-order valence-electron chi connectivity index (χ1n) is 8.69. The Labute approximate surface area is 173 Å². The van der Waals surface area contributed by atoms with E-state index in [0.717, 1.165) is 6.26 Å². The molecule has 0 aliphatic heterocycles. The van der Waals surface area contributed by atoms with E-state index >= 15 is 0 Å². The molecule has 0 aliphatic rings. The Balaban J connectivity index is 2.11. The van der Waals surface area contributed by atoms with Crippen LogP contribution in [-0.4, -0.2) is 51.3 Å². The molecule has 3 aromatic rings. The molecule has 0 spiro atoms. The number of nitrogens with zero attached hydrogens (tertiary/aromatic N) is 2. The largest absolute Gasteiger partial charge is 0.493 e. The third-order valence-corrected chi connectivity index (χ3v) is 5.61. The van der Waals surface area contributed by atoms with Gasteiger partial charge in [0, 0.05) is 24.0 Å². The number of hydrogen-bond acceptors (Lipinski definition) is 8. The zero-order valence-corrected chi connectivity index (χ0v) is 17.7. The number of nitrogen functional groups attached to an aromatic ring is 1. The van der Waals surface area contributed by atoms with Crippen molar-refractivity contribution in [3.05, 3.63) is 54.0 Å².